The highest BCUT2D eigenvalue weighted by Gasteiger charge is 2.58. The van der Waals surface area contributed by atoms with Crippen LogP contribution >= 0.6 is 0 Å². The van der Waals surface area contributed by atoms with Gasteiger partial charge in [-0.3, -0.25) is 4.79 Å². The summed E-state index contributed by atoms with van der Waals surface area (Å²) in [5.74, 6) is 4.53. The minimum Gasteiger partial charge on any atom is -0.459 e. The molecule has 0 amide bonds. The molecule has 5 saturated carbocycles. The first-order valence-corrected chi connectivity index (χ1v) is 9.04. The van der Waals surface area contributed by atoms with E-state index in [1.165, 1.54) is 25.7 Å². The van der Waals surface area contributed by atoms with E-state index in [0.29, 0.717) is 17.8 Å². The van der Waals surface area contributed by atoms with Gasteiger partial charge in [-0.1, -0.05) is 19.1 Å². The zero-order valence-corrected chi connectivity index (χ0v) is 13.0. The minimum atomic E-state index is -0.0859. The van der Waals surface area contributed by atoms with Gasteiger partial charge >= 0.3 is 5.97 Å². The number of ether oxygens (including phenoxy) is 1. The third-order valence-electron chi connectivity index (χ3n) is 7.63. The molecule has 6 unspecified atom stereocenters. The van der Waals surface area contributed by atoms with Gasteiger partial charge in [0, 0.05) is 0 Å². The van der Waals surface area contributed by atoms with Crippen LogP contribution in [0.2, 0.25) is 0 Å². The van der Waals surface area contributed by atoms with Crippen LogP contribution in [-0.2, 0) is 9.53 Å². The molecule has 0 N–H and O–H groups in total. The van der Waals surface area contributed by atoms with Crippen LogP contribution < -0.4 is 0 Å². The summed E-state index contributed by atoms with van der Waals surface area (Å²) in [6.45, 7) is 2.36. The second-order valence-corrected chi connectivity index (χ2v) is 8.77. The van der Waals surface area contributed by atoms with E-state index in [9.17, 15) is 4.79 Å². The van der Waals surface area contributed by atoms with Gasteiger partial charge in [-0.05, 0) is 80.5 Å². The molecule has 0 aromatic rings. The number of allylic oxidation sites excluding steroid dienone is 2. The molecule has 0 aromatic carbocycles. The van der Waals surface area contributed by atoms with Crippen LogP contribution in [0.4, 0.5) is 0 Å². The van der Waals surface area contributed by atoms with Crippen molar-refractivity contribution >= 4 is 5.97 Å². The van der Waals surface area contributed by atoms with Crippen molar-refractivity contribution in [3.8, 4) is 0 Å². The second kappa shape index (κ2) is 4.14. The lowest BCUT2D eigenvalue weighted by molar-refractivity contribution is -0.209. The topological polar surface area (TPSA) is 26.3 Å². The maximum atomic E-state index is 12.8. The molecule has 2 heteroatoms. The number of carbonyl (C=O) groups excluding carboxylic acids is 1. The summed E-state index contributed by atoms with van der Waals surface area (Å²) in [4.78, 5) is 12.8. The molecule has 114 valence electrons. The number of rotatable bonds is 2. The summed E-state index contributed by atoms with van der Waals surface area (Å²) in [5, 5.41) is 0. The van der Waals surface area contributed by atoms with E-state index in [2.05, 4.69) is 19.1 Å². The van der Waals surface area contributed by atoms with Crippen molar-refractivity contribution in [3.63, 3.8) is 0 Å². The highest BCUT2D eigenvalue weighted by atomic mass is 16.6. The molecule has 0 heterocycles. The van der Waals surface area contributed by atoms with Gasteiger partial charge in [0.2, 0.25) is 0 Å². The van der Waals surface area contributed by atoms with Gasteiger partial charge in [-0.15, -0.1) is 0 Å². The van der Waals surface area contributed by atoms with Crippen molar-refractivity contribution < 1.29 is 9.53 Å². The van der Waals surface area contributed by atoms with E-state index < -0.39 is 0 Å². The second-order valence-electron chi connectivity index (χ2n) is 8.77. The number of fused-ring (bicyclic) bond motifs is 2. The summed E-state index contributed by atoms with van der Waals surface area (Å²) in [6, 6.07) is 0. The molecule has 6 rings (SSSR count). The van der Waals surface area contributed by atoms with Crippen LogP contribution in [0, 0.1) is 41.4 Å². The Hall–Kier alpha value is -0.790. The van der Waals surface area contributed by atoms with Crippen LogP contribution in [0.1, 0.15) is 51.9 Å². The summed E-state index contributed by atoms with van der Waals surface area (Å²) in [6.07, 6.45) is 13.3. The average molecular weight is 286 g/mol. The van der Waals surface area contributed by atoms with E-state index in [0.717, 1.165) is 37.0 Å². The molecule has 6 aliphatic rings. The van der Waals surface area contributed by atoms with Crippen molar-refractivity contribution in [2.24, 2.45) is 41.4 Å². The predicted octanol–water partition coefficient (Wildman–Crippen LogP) is 3.96. The largest absolute Gasteiger partial charge is 0.459 e. The van der Waals surface area contributed by atoms with Crippen LogP contribution in [-0.4, -0.2) is 11.6 Å². The van der Waals surface area contributed by atoms with E-state index in [4.69, 9.17) is 4.74 Å². The Balaban J connectivity index is 1.37. The van der Waals surface area contributed by atoms with Gasteiger partial charge in [0.15, 0.2) is 0 Å². The average Bonchev–Trinajstić information content (AvgIpc) is 3.06. The lowest BCUT2D eigenvalue weighted by atomic mass is 9.50. The summed E-state index contributed by atoms with van der Waals surface area (Å²) < 4.78 is 6.33. The van der Waals surface area contributed by atoms with Crippen LogP contribution in [0.5, 0.6) is 0 Å². The smallest absolute Gasteiger partial charge is 0.310 e. The third-order valence-corrected chi connectivity index (χ3v) is 7.63. The van der Waals surface area contributed by atoms with E-state index in [-0.39, 0.29) is 17.5 Å². The van der Waals surface area contributed by atoms with Gasteiger partial charge < -0.3 is 4.74 Å². The van der Waals surface area contributed by atoms with Gasteiger partial charge in [0.05, 0.1) is 5.92 Å². The van der Waals surface area contributed by atoms with Gasteiger partial charge in [-0.2, -0.15) is 0 Å². The molecule has 0 radical (unpaired) electrons. The molecule has 2 nitrogen and oxygen atoms in total. The highest BCUT2D eigenvalue weighted by molar-refractivity contribution is 5.74. The zero-order chi connectivity index (χ0) is 14.2. The number of hydrogen-bond donors (Lipinski definition) is 0. The van der Waals surface area contributed by atoms with Crippen molar-refractivity contribution in [2.75, 3.05) is 0 Å². The molecule has 6 bridgehead atoms. The molecule has 0 saturated heterocycles. The Morgan fingerprint density at radius 2 is 1.81 bits per heavy atom. The van der Waals surface area contributed by atoms with Gasteiger partial charge in [0.25, 0.3) is 0 Å². The maximum Gasteiger partial charge on any atom is 0.310 e. The Morgan fingerprint density at radius 1 is 1.05 bits per heavy atom. The summed E-state index contributed by atoms with van der Waals surface area (Å²) >= 11 is 0. The normalized spacial score (nSPS) is 56.1. The Kier molecular flexibility index (Phi) is 2.51. The first-order valence-electron chi connectivity index (χ1n) is 9.04. The van der Waals surface area contributed by atoms with Crippen LogP contribution in [0.15, 0.2) is 12.2 Å². The number of esters is 1. The zero-order valence-electron chi connectivity index (χ0n) is 13.0. The van der Waals surface area contributed by atoms with Gasteiger partial charge in [-0.25, -0.2) is 0 Å². The first kappa shape index (κ1) is 12.7. The fraction of sp³-hybridized carbons (Fsp3) is 0.842. The quantitative estimate of drug-likeness (QED) is 0.567. The fourth-order valence-corrected chi connectivity index (χ4v) is 6.72. The number of carbonyl (C=O) groups is 1. The molecular weight excluding hydrogens is 260 g/mol. The Labute approximate surface area is 127 Å². The molecule has 6 atom stereocenters. The van der Waals surface area contributed by atoms with Gasteiger partial charge in [0.1, 0.15) is 5.60 Å². The number of hydrogen-bond acceptors (Lipinski definition) is 2. The molecule has 0 spiro atoms. The predicted molar refractivity (Wildman–Crippen MR) is 80.4 cm³/mol. The van der Waals surface area contributed by atoms with E-state index >= 15 is 0 Å². The molecule has 6 aliphatic carbocycles. The lowest BCUT2D eigenvalue weighted by Crippen LogP contribution is -2.58. The molecule has 5 fully saturated rings. The third kappa shape index (κ3) is 1.74. The lowest BCUT2D eigenvalue weighted by Gasteiger charge is -2.59. The molecule has 21 heavy (non-hydrogen) atoms. The summed E-state index contributed by atoms with van der Waals surface area (Å²) in [7, 11) is 0. The maximum absolute atomic E-state index is 12.8. The van der Waals surface area contributed by atoms with Crippen molar-refractivity contribution in [1.82, 2.24) is 0 Å². The minimum absolute atomic E-state index is 0.0859. The molecular formula is C19H26O2. The van der Waals surface area contributed by atoms with Crippen LogP contribution in [0.3, 0.4) is 0 Å². The highest BCUT2D eigenvalue weighted by Crippen LogP contribution is 2.60. The van der Waals surface area contributed by atoms with Crippen LogP contribution in [0.25, 0.3) is 0 Å². The Morgan fingerprint density at radius 3 is 2.43 bits per heavy atom. The first-order chi connectivity index (χ1) is 10.1. The van der Waals surface area contributed by atoms with Crippen molar-refractivity contribution in [3.05, 3.63) is 12.2 Å². The SMILES string of the molecule is CC1C2CC3CC(C2)CC1(OC(=O)C1CC2C=CC1C2)C3. The van der Waals surface area contributed by atoms with E-state index in [1.807, 2.05) is 0 Å². The van der Waals surface area contributed by atoms with Crippen molar-refractivity contribution in [1.29, 1.82) is 0 Å². The Bertz CT molecular complexity index is 494. The standard InChI is InChI=1S/C19H26O2/c1-11-16-6-13-4-14(7-16)10-19(11,9-13)21-18(20)17-8-12-2-3-15(17)5-12/h2-3,11-17H,4-10H2,1H3. The summed E-state index contributed by atoms with van der Waals surface area (Å²) in [5.41, 5.74) is -0.0859. The molecule has 0 aliphatic heterocycles. The molecule has 0 aromatic heterocycles. The fourth-order valence-electron chi connectivity index (χ4n) is 6.72. The van der Waals surface area contributed by atoms with Crippen molar-refractivity contribution in [2.45, 2.75) is 57.5 Å². The monoisotopic (exact) mass is 286 g/mol. The van der Waals surface area contributed by atoms with E-state index in [1.54, 1.807) is 0 Å².